The normalized spacial score (nSPS) is 45.6. The molecule has 5 unspecified atom stereocenters. The third-order valence-corrected chi connectivity index (χ3v) is 5.73. The summed E-state index contributed by atoms with van der Waals surface area (Å²) in [7, 11) is 0. The van der Waals surface area contributed by atoms with Crippen molar-refractivity contribution < 1.29 is 35.0 Å². The molecule has 0 radical (unpaired) electrons. The van der Waals surface area contributed by atoms with E-state index in [1.165, 1.54) is 0 Å². The van der Waals surface area contributed by atoms with Gasteiger partial charge in [0, 0.05) is 5.92 Å². The van der Waals surface area contributed by atoms with E-state index in [-0.39, 0.29) is 30.5 Å². The maximum absolute atomic E-state index is 9.86. The van der Waals surface area contributed by atoms with E-state index in [1.54, 1.807) is 6.92 Å². The van der Waals surface area contributed by atoms with Gasteiger partial charge >= 0.3 is 0 Å². The van der Waals surface area contributed by atoms with Gasteiger partial charge < -0.3 is 40.7 Å². The van der Waals surface area contributed by atoms with Crippen molar-refractivity contribution in [2.24, 2.45) is 23.5 Å². The molecular weight excluding hydrogens is 354 g/mol. The lowest BCUT2D eigenvalue weighted by atomic mass is 9.79. The van der Waals surface area contributed by atoms with Crippen LogP contribution in [0.5, 0.6) is 0 Å². The van der Waals surface area contributed by atoms with Gasteiger partial charge in [-0.3, -0.25) is 0 Å². The van der Waals surface area contributed by atoms with Gasteiger partial charge in [-0.05, 0) is 18.8 Å². The van der Waals surface area contributed by atoms with Crippen molar-refractivity contribution in [1.82, 2.24) is 0 Å². The Morgan fingerprint density at radius 1 is 1.00 bits per heavy atom. The minimum Gasteiger partial charge on any atom is -0.394 e. The third kappa shape index (κ3) is 5.83. The van der Waals surface area contributed by atoms with Crippen LogP contribution in [0.4, 0.5) is 0 Å². The quantitative estimate of drug-likeness (QED) is 0.367. The Morgan fingerprint density at radius 3 is 1.96 bits per heavy atom. The Bertz CT molecular complexity index is 442. The molecule has 2 saturated heterocycles. The van der Waals surface area contributed by atoms with Gasteiger partial charge in [-0.15, -0.1) is 0 Å². The molecule has 0 amide bonds. The van der Waals surface area contributed by atoms with Gasteiger partial charge in [0.25, 0.3) is 0 Å². The van der Waals surface area contributed by atoms with E-state index < -0.39 is 42.2 Å². The monoisotopic (exact) mass is 393 g/mol. The van der Waals surface area contributed by atoms with Crippen molar-refractivity contribution in [3.63, 3.8) is 0 Å². The first-order valence-corrected chi connectivity index (χ1v) is 9.75. The smallest absolute Gasteiger partial charge is 0.108 e. The predicted octanol–water partition coefficient (Wildman–Crippen LogP) is -0.760. The van der Waals surface area contributed by atoms with Crippen LogP contribution in [0, 0.1) is 17.8 Å². The number of nitrogens with two attached hydrogens (primary N) is 1. The summed E-state index contributed by atoms with van der Waals surface area (Å²) in [5.74, 6) is 0.250. The summed E-state index contributed by atoms with van der Waals surface area (Å²) in [6.45, 7) is 11.4. The average Bonchev–Trinajstić information content (AvgIpc) is 2.58. The summed E-state index contributed by atoms with van der Waals surface area (Å²) < 4.78 is 10.8. The van der Waals surface area contributed by atoms with Gasteiger partial charge in [0.15, 0.2) is 0 Å². The molecule has 0 aromatic heterocycles. The molecule has 0 saturated carbocycles. The summed E-state index contributed by atoms with van der Waals surface area (Å²) in [6.07, 6.45) is -3.72. The maximum Gasteiger partial charge on any atom is 0.108 e. The molecule has 0 aliphatic carbocycles. The van der Waals surface area contributed by atoms with E-state index in [0.29, 0.717) is 6.61 Å². The van der Waals surface area contributed by atoms with Crippen molar-refractivity contribution in [1.29, 1.82) is 0 Å². The fourth-order valence-electron chi connectivity index (χ4n) is 3.47. The van der Waals surface area contributed by atoms with Crippen LogP contribution in [0.15, 0.2) is 0 Å². The lowest BCUT2D eigenvalue weighted by molar-refractivity contribution is -0.207. The zero-order valence-electron chi connectivity index (χ0n) is 17.3. The first-order valence-electron chi connectivity index (χ1n) is 9.75. The number of hydrogen-bond acceptors (Lipinski definition) is 8. The largest absolute Gasteiger partial charge is 0.394 e. The van der Waals surface area contributed by atoms with Crippen LogP contribution in [0.25, 0.3) is 0 Å². The van der Waals surface area contributed by atoms with Gasteiger partial charge in [-0.25, -0.2) is 0 Å². The Kier molecular flexibility index (Phi) is 9.09. The first kappa shape index (κ1) is 24.7. The molecule has 27 heavy (non-hydrogen) atoms. The fourth-order valence-corrected chi connectivity index (χ4v) is 3.47. The molecule has 0 bridgehead atoms. The number of hydrogen-bond donors (Lipinski definition) is 6. The zero-order valence-corrected chi connectivity index (χ0v) is 17.3. The molecule has 2 aliphatic heterocycles. The zero-order chi connectivity index (χ0) is 21.1. The highest BCUT2D eigenvalue weighted by atomic mass is 16.5. The van der Waals surface area contributed by atoms with E-state index in [0.717, 1.165) is 0 Å². The van der Waals surface area contributed by atoms with Crippen LogP contribution in [0.2, 0.25) is 0 Å². The molecule has 2 fully saturated rings. The van der Waals surface area contributed by atoms with Crippen LogP contribution < -0.4 is 5.73 Å². The molecule has 9 atom stereocenters. The van der Waals surface area contributed by atoms with E-state index in [2.05, 4.69) is 0 Å². The molecule has 2 rings (SSSR count). The average molecular weight is 394 g/mol. The lowest BCUT2D eigenvalue weighted by Gasteiger charge is -2.44. The second-order valence-corrected chi connectivity index (χ2v) is 8.78. The van der Waals surface area contributed by atoms with Gasteiger partial charge in [-0.1, -0.05) is 34.6 Å². The second kappa shape index (κ2) is 9.93. The molecule has 0 aromatic carbocycles. The van der Waals surface area contributed by atoms with Crippen LogP contribution in [-0.2, 0) is 9.47 Å². The molecule has 7 N–H and O–H groups in total. The third-order valence-electron chi connectivity index (χ3n) is 5.73. The standard InChI is InChI=1S/C10H20O3.C9H19NO4/c1-6(2)9-8(11)7(3)10(4,12)5-13-9;1-4(2)9-8(13)6(10)7(12)5(3-11)14-9/h6-9,11-12H,5H2,1-4H3;4-9,11-13H,3,10H2,1-2H3/t7-,8?,9-,10?;5?,6-,7?,8?,9+/m10/s1. The molecule has 2 heterocycles. The fraction of sp³-hybridized carbons (Fsp3) is 1.00. The lowest BCUT2D eigenvalue weighted by Crippen LogP contribution is -2.63. The highest BCUT2D eigenvalue weighted by Crippen LogP contribution is 2.32. The summed E-state index contributed by atoms with van der Waals surface area (Å²) >= 11 is 0. The molecule has 8 heteroatoms. The highest BCUT2D eigenvalue weighted by Gasteiger charge is 2.44. The van der Waals surface area contributed by atoms with Crippen molar-refractivity contribution in [2.45, 2.75) is 89.8 Å². The van der Waals surface area contributed by atoms with E-state index >= 15 is 0 Å². The summed E-state index contributed by atoms with van der Waals surface area (Å²) in [4.78, 5) is 0. The van der Waals surface area contributed by atoms with Gasteiger partial charge in [0.2, 0.25) is 0 Å². The van der Waals surface area contributed by atoms with E-state index in [1.807, 2.05) is 34.6 Å². The first-order chi connectivity index (χ1) is 12.3. The van der Waals surface area contributed by atoms with Crippen LogP contribution in [0.1, 0.15) is 41.5 Å². The van der Waals surface area contributed by atoms with Crippen molar-refractivity contribution in [3.05, 3.63) is 0 Å². The molecular formula is C19H39NO7. The Morgan fingerprint density at radius 2 is 1.52 bits per heavy atom. The molecule has 0 aromatic rings. The second-order valence-electron chi connectivity index (χ2n) is 8.78. The summed E-state index contributed by atoms with van der Waals surface area (Å²) in [5, 5.41) is 47.9. The minimum atomic E-state index is -1.01. The topological polar surface area (TPSA) is 146 Å². The Balaban J connectivity index is 0.000000271. The highest BCUT2D eigenvalue weighted by molar-refractivity contribution is 4.95. The number of rotatable bonds is 3. The minimum absolute atomic E-state index is 0.0950. The van der Waals surface area contributed by atoms with Crippen molar-refractivity contribution >= 4 is 0 Å². The molecule has 8 nitrogen and oxygen atoms in total. The van der Waals surface area contributed by atoms with E-state index in [9.17, 15) is 20.4 Å². The Labute approximate surface area is 162 Å². The molecule has 162 valence electrons. The van der Waals surface area contributed by atoms with Crippen molar-refractivity contribution in [2.75, 3.05) is 13.2 Å². The van der Waals surface area contributed by atoms with E-state index in [4.69, 9.17) is 20.3 Å². The van der Waals surface area contributed by atoms with Crippen LogP contribution in [0.3, 0.4) is 0 Å². The van der Waals surface area contributed by atoms with Gasteiger partial charge in [0.05, 0.1) is 49.3 Å². The SMILES string of the molecule is CC(C)[C@H]1OC(CO)C(O)[C@H](N)C1O.CC(C)[C@H]1OCC(C)(O)[C@H](C)C1O. The molecule has 0 spiro atoms. The number of aliphatic hydroxyl groups excluding tert-OH is 4. The maximum atomic E-state index is 9.86. The number of ether oxygens (including phenoxy) is 2. The summed E-state index contributed by atoms with van der Waals surface area (Å²) in [6, 6.07) is -0.756. The van der Waals surface area contributed by atoms with Gasteiger partial charge in [-0.2, -0.15) is 0 Å². The predicted molar refractivity (Wildman–Crippen MR) is 101 cm³/mol. The van der Waals surface area contributed by atoms with Gasteiger partial charge in [0.1, 0.15) is 12.2 Å². The van der Waals surface area contributed by atoms with Crippen LogP contribution in [-0.4, -0.2) is 87.0 Å². The summed E-state index contributed by atoms with van der Waals surface area (Å²) in [5.41, 5.74) is 4.73. The number of aliphatic hydroxyl groups is 5. The van der Waals surface area contributed by atoms with Crippen LogP contribution >= 0.6 is 0 Å². The van der Waals surface area contributed by atoms with Crippen molar-refractivity contribution in [3.8, 4) is 0 Å². The molecule has 2 aliphatic rings. The Hall–Kier alpha value is -0.320.